The Bertz CT molecular complexity index is 380. The number of hydrogen-bond acceptors (Lipinski definition) is 5. The molecule has 0 saturated carbocycles. The first-order valence-corrected chi connectivity index (χ1v) is 4.64. The van der Waals surface area contributed by atoms with Crippen molar-refractivity contribution >= 4 is 11.9 Å². The minimum Gasteiger partial charge on any atom is -0.465 e. The Kier molecular flexibility index (Phi) is 2.55. The standard InChI is InChI=1S/C10H11NO4/c1-7-2-3-8(14-7)4-11-5-9(12)15-10(13)6-11/h2-3H,4-6H2,1H3. The molecule has 0 aromatic carbocycles. The van der Waals surface area contributed by atoms with Gasteiger partial charge in [0.2, 0.25) is 0 Å². The van der Waals surface area contributed by atoms with Crippen molar-refractivity contribution in [3.8, 4) is 0 Å². The van der Waals surface area contributed by atoms with Crippen LogP contribution in [-0.2, 0) is 20.9 Å². The van der Waals surface area contributed by atoms with E-state index in [0.717, 1.165) is 11.5 Å². The summed E-state index contributed by atoms with van der Waals surface area (Å²) < 4.78 is 9.76. The molecule has 0 bridgehead atoms. The number of carbonyl (C=O) groups is 2. The van der Waals surface area contributed by atoms with E-state index in [1.165, 1.54) is 0 Å². The van der Waals surface area contributed by atoms with Crippen LogP contribution in [0, 0.1) is 6.92 Å². The molecule has 15 heavy (non-hydrogen) atoms. The number of cyclic esters (lactones) is 2. The second-order valence-electron chi connectivity index (χ2n) is 3.50. The molecule has 0 aliphatic carbocycles. The Hall–Kier alpha value is -1.62. The van der Waals surface area contributed by atoms with E-state index in [-0.39, 0.29) is 13.1 Å². The lowest BCUT2D eigenvalue weighted by molar-refractivity contribution is -0.167. The molecule has 1 aliphatic heterocycles. The van der Waals surface area contributed by atoms with E-state index in [1.807, 2.05) is 19.1 Å². The predicted molar refractivity (Wildman–Crippen MR) is 49.8 cm³/mol. The Morgan fingerprint density at radius 2 is 1.93 bits per heavy atom. The Morgan fingerprint density at radius 1 is 1.27 bits per heavy atom. The van der Waals surface area contributed by atoms with Gasteiger partial charge in [-0.3, -0.25) is 14.5 Å². The van der Waals surface area contributed by atoms with E-state index in [2.05, 4.69) is 4.74 Å². The summed E-state index contributed by atoms with van der Waals surface area (Å²) in [6.07, 6.45) is 0. The van der Waals surface area contributed by atoms with Gasteiger partial charge in [0.05, 0.1) is 19.6 Å². The van der Waals surface area contributed by atoms with Crippen molar-refractivity contribution in [1.82, 2.24) is 4.90 Å². The lowest BCUT2D eigenvalue weighted by Gasteiger charge is -2.22. The van der Waals surface area contributed by atoms with E-state index in [9.17, 15) is 9.59 Å². The first-order valence-electron chi connectivity index (χ1n) is 4.64. The molecule has 5 heteroatoms. The zero-order chi connectivity index (χ0) is 10.8. The van der Waals surface area contributed by atoms with Crippen molar-refractivity contribution in [2.24, 2.45) is 0 Å². The highest BCUT2D eigenvalue weighted by Crippen LogP contribution is 2.11. The third-order valence-corrected chi connectivity index (χ3v) is 2.11. The summed E-state index contributed by atoms with van der Waals surface area (Å²) in [7, 11) is 0. The predicted octanol–water partition coefficient (Wildman–Crippen LogP) is 0.473. The molecule has 0 unspecified atom stereocenters. The van der Waals surface area contributed by atoms with Crippen LogP contribution in [0.25, 0.3) is 0 Å². The number of carbonyl (C=O) groups excluding carboxylic acids is 2. The monoisotopic (exact) mass is 209 g/mol. The molecule has 0 N–H and O–H groups in total. The molecule has 0 amide bonds. The number of hydrogen-bond donors (Lipinski definition) is 0. The van der Waals surface area contributed by atoms with E-state index in [4.69, 9.17) is 4.42 Å². The average Bonchev–Trinajstić information content (AvgIpc) is 2.49. The molecule has 80 valence electrons. The molecule has 5 nitrogen and oxygen atoms in total. The van der Waals surface area contributed by atoms with Crippen LogP contribution in [-0.4, -0.2) is 29.9 Å². The van der Waals surface area contributed by atoms with E-state index < -0.39 is 11.9 Å². The Labute approximate surface area is 86.6 Å². The first-order chi connectivity index (χ1) is 7.13. The van der Waals surface area contributed by atoms with Crippen molar-refractivity contribution in [3.05, 3.63) is 23.7 Å². The van der Waals surface area contributed by atoms with Crippen molar-refractivity contribution in [1.29, 1.82) is 0 Å². The van der Waals surface area contributed by atoms with Crippen LogP contribution >= 0.6 is 0 Å². The van der Waals surface area contributed by atoms with Crippen LogP contribution < -0.4 is 0 Å². The topological polar surface area (TPSA) is 59.8 Å². The number of esters is 2. The van der Waals surface area contributed by atoms with Gasteiger partial charge in [-0.1, -0.05) is 0 Å². The highest BCUT2D eigenvalue weighted by atomic mass is 16.6. The maximum Gasteiger partial charge on any atom is 0.327 e. The van der Waals surface area contributed by atoms with Crippen LogP contribution in [0.5, 0.6) is 0 Å². The second-order valence-corrected chi connectivity index (χ2v) is 3.50. The van der Waals surface area contributed by atoms with Crippen LogP contribution in [0.15, 0.2) is 16.5 Å². The van der Waals surface area contributed by atoms with Crippen LogP contribution in [0.2, 0.25) is 0 Å². The van der Waals surface area contributed by atoms with Gasteiger partial charge in [-0.05, 0) is 19.1 Å². The average molecular weight is 209 g/mol. The van der Waals surface area contributed by atoms with Gasteiger partial charge in [0.15, 0.2) is 0 Å². The van der Waals surface area contributed by atoms with Crippen LogP contribution in [0.4, 0.5) is 0 Å². The molecule has 1 saturated heterocycles. The van der Waals surface area contributed by atoms with Crippen LogP contribution in [0.1, 0.15) is 11.5 Å². The van der Waals surface area contributed by atoms with Crippen molar-refractivity contribution < 1.29 is 18.7 Å². The number of morpholine rings is 1. The van der Waals surface area contributed by atoms with Gasteiger partial charge in [0, 0.05) is 0 Å². The molecule has 1 aromatic heterocycles. The normalized spacial score (nSPS) is 17.9. The number of rotatable bonds is 2. The molecule has 0 spiro atoms. The van der Waals surface area contributed by atoms with Gasteiger partial charge < -0.3 is 9.15 Å². The molecule has 2 rings (SSSR count). The fourth-order valence-corrected chi connectivity index (χ4v) is 1.51. The lowest BCUT2D eigenvalue weighted by atomic mass is 10.3. The van der Waals surface area contributed by atoms with Crippen molar-refractivity contribution in [2.45, 2.75) is 13.5 Å². The molecule has 1 aromatic rings. The van der Waals surface area contributed by atoms with Crippen molar-refractivity contribution in [2.75, 3.05) is 13.1 Å². The summed E-state index contributed by atoms with van der Waals surface area (Å²) in [5.74, 6) is 0.551. The van der Waals surface area contributed by atoms with Crippen molar-refractivity contribution in [3.63, 3.8) is 0 Å². The van der Waals surface area contributed by atoms with Gasteiger partial charge in [-0.15, -0.1) is 0 Å². The number of ether oxygens (including phenoxy) is 1. The molecular formula is C10H11NO4. The Morgan fingerprint density at radius 3 is 2.47 bits per heavy atom. The highest BCUT2D eigenvalue weighted by molar-refractivity contribution is 5.90. The smallest absolute Gasteiger partial charge is 0.327 e. The third kappa shape index (κ3) is 2.44. The summed E-state index contributed by atoms with van der Waals surface area (Å²) in [6.45, 7) is 2.56. The quantitative estimate of drug-likeness (QED) is 0.523. The zero-order valence-corrected chi connectivity index (χ0v) is 8.36. The molecule has 2 heterocycles. The molecule has 0 atom stereocenters. The van der Waals surface area contributed by atoms with Gasteiger partial charge in [-0.2, -0.15) is 0 Å². The minimum atomic E-state index is -0.505. The lowest BCUT2D eigenvalue weighted by Crippen LogP contribution is -2.42. The molecule has 0 radical (unpaired) electrons. The minimum absolute atomic E-state index is 0.130. The molecular weight excluding hydrogens is 198 g/mol. The van der Waals surface area contributed by atoms with Gasteiger partial charge in [0.25, 0.3) is 0 Å². The van der Waals surface area contributed by atoms with Gasteiger partial charge in [0.1, 0.15) is 11.5 Å². The SMILES string of the molecule is Cc1ccc(CN2CC(=O)OC(=O)C2)o1. The fourth-order valence-electron chi connectivity index (χ4n) is 1.51. The maximum atomic E-state index is 11.0. The van der Waals surface area contributed by atoms with Gasteiger partial charge >= 0.3 is 11.9 Å². The largest absolute Gasteiger partial charge is 0.465 e. The molecule has 1 aliphatic rings. The molecule has 1 fully saturated rings. The summed E-state index contributed by atoms with van der Waals surface area (Å²) in [6, 6.07) is 3.68. The number of nitrogens with zero attached hydrogens (tertiary/aromatic N) is 1. The third-order valence-electron chi connectivity index (χ3n) is 2.11. The second kappa shape index (κ2) is 3.86. The van der Waals surface area contributed by atoms with E-state index in [1.54, 1.807) is 4.90 Å². The van der Waals surface area contributed by atoms with E-state index >= 15 is 0 Å². The Balaban J connectivity index is 2.00. The highest BCUT2D eigenvalue weighted by Gasteiger charge is 2.25. The van der Waals surface area contributed by atoms with E-state index in [0.29, 0.717) is 6.54 Å². The zero-order valence-electron chi connectivity index (χ0n) is 8.36. The number of furan rings is 1. The maximum absolute atomic E-state index is 11.0. The fraction of sp³-hybridized carbons (Fsp3) is 0.400. The van der Waals surface area contributed by atoms with Gasteiger partial charge in [-0.25, -0.2) is 0 Å². The summed E-state index contributed by atoms with van der Waals surface area (Å²) in [5.41, 5.74) is 0. The number of aryl methyl sites for hydroxylation is 1. The summed E-state index contributed by atoms with van der Waals surface area (Å²) in [4.78, 5) is 23.6. The first kappa shape index (κ1) is 9.92. The summed E-state index contributed by atoms with van der Waals surface area (Å²) >= 11 is 0. The summed E-state index contributed by atoms with van der Waals surface area (Å²) in [5, 5.41) is 0. The van der Waals surface area contributed by atoms with Crippen LogP contribution in [0.3, 0.4) is 0 Å².